The lowest BCUT2D eigenvalue weighted by Gasteiger charge is -2.12. The fourth-order valence-electron chi connectivity index (χ4n) is 2.49. The van der Waals surface area contributed by atoms with Crippen LogP contribution in [0.4, 0.5) is 0 Å². The lowest BCUT2D eigenvalue weighted by Crippen LogP contribution is -2.05. The summed E-state index contributed by atoms with van der Waals surface area (Å²) in [6.45, 7) is 2.06. The Kier molecular flexibility index (Phi) is 3.48. The Bertz CT molecular complexity index is 722. The molecule has 0 amide bonds. The second kappa shape index (κ2) is 5.43. The van der Waals surface area contributed by atoms with Crippen LogP contribution in [-0.4, -0.2) is 10.1 Å². The number of para-hydroxylation sites is 1. The summed E-state index contributed by atoms with van der Waals surface area (Å²) in [4.78, 5) is 4.58. The number of rotatable bonds is 3. The average Bonchev–Trinajstić information content (AvgIpc) is 2.48. The summed E-state index contributed by atoms with van der Waals surface area (Å²) >= 11 is 0. The Labute approximate surface area is 118 Å². The first kappa shape index (κ1) is 12.8. The minimum absolute atomic E-state index is 0.569. The highest BCUT2D eigenvalue weighted by atomic mass is 16.3. The lowest BCUT2D eigenvalue weighted by atomic mass is 10.0. The Morgan fingerprint density at radius 1 is 1.00 bits per heavy atom. The Balaban J connectivity index is 1.93. The highest BCUT2D eigenvalue weighted by Crippen LogP contribution is 2.23. The second-order valence-electron chi connectivity index (χ2n) is 5.09. The topological polar surface area (TPSA) is 33.1 Å². The van der Waals surface area contributed by atoms with E-state index in [1.165, 1.54) is 0 Å². The van der Waals surface area contributed by atoms with Crippen molar-refractivity contribution < 1.29 is 5.11 Å². The third-order valence-corrected chi connectivity index (χ3v) is 3.56. The van der Waals surface area contributed by atoms with E-state index in [9.17, 15) is 5.11 Å². The van der Waals surface area contributed by atoms with E-state index in [0.717, 1.165) is 27.7 Å². The minimum atomic E-state index is -0.569. The molecule has 0 bridgehead atoms. The molecule has 1 unspecified atom stereocenters. The number of pyridine rings is 1. The van der Waals surface area contributed by atoms with E-state index in [1.54, 1.807) is 0 Å². The molecule has 0 radical (unpaired) electrons. The summed E-state index contributed by atoms with van der Waals surface area (Å²) in [5.41, 5.74) is 3.95. The van der Waals surface area contributed by atoms with Crippen molar-refractivity contribution in [2.45, 2.75) is 19.4 Å². The summed E-state index contributed by atoms with van der Waals surface area (Å²) in [5, 5.41) is 11.5. The fraction of sp³-hybridized carbons (Fsp3) is 0.167. The fourth-order valence-corrected chi connectivity index (χ4v) is 2.49. The van der Waals surface area contributed by atoms with Gasteiger partial charge in [-0.3, -0.25) is 4.98 Å². The third-order valence-electron chi connectivity index (χ3n) is 3.56. The first-order valence-electron chi connectivity index (χ1n) is 6.82. The van der Waals surface area contributed by atoms with E-state index in [-0.39, 0.29) is 0 Å². The number of fused-ring (bicyclic) bond motifs is 1. The van der Waals surface area contributed by atoms with Crippen molar-refractivity contribution in [1.82, 2.24) is 4.98 Å². The molecule has 3 rings (SSSR count). The molecule has 2 aromatic carbocycles. The SMILES string of the molecule is Cc1cc(C(O)Cc2ccccc2)nc2ccccc12. The van der Waals surface area contributed by atoms with Crippen molar-refractivity contribution in [1.29, 1.82) is 0 Å². The number of benzene rings is 2. The van der Waals surface area contributed by atoms with Crippen LogP contribution in [0.2, 0.25) is 0 Å². The van der Waals surface area contributed by atoms with Crippen molar-refractivity contribution >= 4 is 10.9 Å². The smallest absolute Gasteiger partial charge is 0.1000 e. The van der Waals surface area contributed by atoms with Gasteiger partial charge in [0, 0.05) is 11.8 Å². The normalized spacial score (nSPS) is 12.5. The molecule has 2 nitrogen and oxygen atoms in total. The summed E-state index contributed by atoms with van der Waals surface area (Å²) in [6, 6.07) is 20.0. The van der Waals surface area contributed by atoms with Crippen LogP contribution in [0.15, 0.2) is 60.7 Å². The van der Waals surface area contributed by atoms with Gasteiger partial charge in [-0.25, -0.2) is 0 Å². The minimum Gasteiger partial charge on any atom is -0.386 e. The summed E-state index contributed by atoms with van der Waals surface area (Å²) in [5.74, 6) is 0. The maximum absolute atomic E-state index is 10.4. The second-order valence-corrected chi connectivity index (χ2v) is 5.09. The van der Waals surface area contributed by atoms with E-state index >= 15 is 0 Å². The number of aromatic nitrogens is 1. The van der Waals surface area contributed by atoms with E-state index in [2.05, 4.69) is 18.0 Å². The summed E-state index contributed by atoms with van der Waals surface area (Å²) < 4.78 is 0. The molecule has 1 N–H and O–H groups in total. The van der Waals surface area contributed by atoms with Gasteiger partial charge in [-0.2, -0.15) is 0 Å². The van der Waals surface area contributed by atoms with Crippen molar-refractivity contribution in [2.75, 3.05) is 0 Å². The Morgan fingerprint density at radius 3 is 2.50 bits per heavy atom. The van der Waals surface area contributed by atoms with Crippen LogP contribution in [0, 0.1) is 6.92 Å². The van der Waals surface area contributed by atoms with Crippen LogP contribution in [0.5, 0.6) is 0 Å². The molecule has 0 aliphatic heterocycles. The monoisotopic (exact) mass is 263 g/mol. The largest absolute Gasteiger partial charge is 0.386 e. The molecule has 0 saturated heterocycles. The first-order valence-corrected chi connectivity index (χ1v) is 6.82. The van der Waals surface area contributed by atoms with Gasteiger partial charge in [0.05, 0.1) is 17.3 Å². The molecule has 1 heterocycles. The average molecular weight is 263 g/mol. The quantitative estimate of drug-likeness (QED) is 0.779. The molecule has 0 fully saturated rings. The van der Waals surface area contributed by atoms with Gasteiger partial charge < -0.3 is 5.11 Å². The van der Waals surface area contributed by atoms with Gasteiger partial charge >= 0.3 is 0 Å². The van der Waals surface area contributed by atoms with Gasteiger partial charge in [0.25, 0.3) is 0 Å². The summed E-state index contributed by atoms with van der Waals surface area (Å²) in [6.07, 6.45) is 0.0201. The van der Waals surface area contributed by atoms with E-state index in [4.69, 9.17) is 0 Å². The Hall–Kier alpha value is -2.19. The zero-order valence-corrected chi connectivity index (χ0v) is 11.5. The van der Waals surface area contributed by atoms with Crippen LogP contribution < -0.4 is 0 Å². The number of aryl methyl sites for hydroxylation is 1. The predicted octanol–water partition coefficient (Wildman–Crippen LogP) is 3.82. The van der Waals surface area contributed by atoms with Crippen LogP contribution in [0.25, 0.3) is 10.9 Å². The molecule has 1 atom stereocenters. The van der Waals surface area contributed by atoms with E-state index in [1.807, 2.05) is 54.6 Å². The molecule has 3 aromatic rings. The van der Waals surface area contributed by atoms with Crippen molar-refractivity contribution in [3.8, 4) is 0 Å². The molecule has 0 aliphatic rings. The van der Waals surface area contributed by atoms with Gasteiger partial charge in [0.1, 0.15) is 0 Å². The zero-order valence-electron chi connectivity index (χ0n) is 11.5. The van der Waals surface area contributed by atoms with Crippen LogP contribution >= 0.6 is 0 Å². The highest BCUT2D eigenvalue weighted by Gasteiger charge is 2.12. The van der Waals surface area contributed by atoms with Gasteiger partial charge in [0.15, 0.2) is 0 Å². The molecular formula is C18H17NO. The Morgan fingerprint density at radius 2 is 1.70 bits per heavy atom. The molecule has 20 heavy (non-hydrogen) atoms. The van der Waals surface area contributed by atoms with E-state index in [0.29, 0.717) is 6.42 Å². The van der Waals surface area contributed by atoms with Crippen LogP contribution in [0.1, 0.15) is 22.9 Å². The molecule has 0 aliphatic carbocycles. The number of hydrogen-bond acceptors (Lipinski definition) is 2. The van der Waals surface area contributed by atoms with Gasteiger partial charge in [0.2, 0.25) is 0 Å². The number of aliphatic hydroxyl groups is 1. The molecule has 1 aromatic heterocycles. The van der Waals surface area contributed by atoms with E-state index < -0.39 is 6.10 Å². The highest BCUT2D eigenvalue weighted by molar-refractivity contribution is 5.82. The maximum Gasteiger partial charge on any atom is 0.1000 e. The van der Waals surface area contributed by atoms with Crippen molar-refractivity contribution in [3.05, 3.63) is 77.5 Å². The maximum atomic E-state index is 10.4. The lowest BCUT2D eigenvalue weighted by molar-refractivity contribution is 0.174. The molecule has 0 spiro atoms. The van der Waals surface area contributed by atoms with Gasteiger partial charge in [-0.1, -0.05) is 48.5 Å². The van der Waals surface area contributed by atoms with Crippen molar-refractivity contribution in [2.24, 2.45) is 0 Å². The molecule has 2 heteroatoms. The predicted molar refractivity (Wildman–Crippen MR) is 81.6 cm³/mol. The summed E-state index contributed by atoms with van der Waals surface area (Å²) in [7, 11) is 0. The van der Waals surface area contributed by atoms with Gasteiger partial charge in [-0.15, -0.1) is 0 Å². The zero-order chi connectivity index (χ0) is 13.9. The number of hydrogen-bond donors (Lipinski definition) is 1. The number of nitrogens with zero attached hydrogens (tertiary/aromatic N) is 1. The third kappa shape index (κ3) is 2.56. The first-order chi connectivity index (χ1) is 9.74. The molecule has 100 valence electrons. The van der Waals surface area contributed by atoms with Crippen LogP contribution in [0.3, 0.4) is 0 Å². The molecule has 0 saturated carbocycles. The number of aliphatic hydroxyl groups excluding tert-OH is 1. The van der Waals surface area contributed by atoms with Gasteiger partial charge in [-0.05, 0) is 30.2 Å². The standard InChI is InChI=1S/C18H17NO/c1-13-11-17(19-16-10-6-5-9-15(13)16)18(20)12-14-7-3-2-4-8-14/h2-11,18,20H,12H2,1H3. The molecular weight excluding hydrogens is 246 g/mol. The van der Waals surface area contributed by atoms with Crippen molar-refractivity contribution in [3.63, 3.8) is 0 Å². The van der Waals surface area contributed by atoms with Crippen LogP contribution in [-0.2, 0) is 6.42 Å².